The van der Waals surface area contributed by atoms with E-state index in [1.54, 1.807) is 0 Å². The summed E-state index contributed by atoms with van der Waals surface area (Å²) in [5.74, 6) is -1.44. The van der Waals surface area contributed by atoms with Crippen molar-refractivity contribution < 1.29 is 44.3 Å². The van der Waals surface area contributed by atoms with E-state index in [2.05, 4.69) is 15.2 Å². The van der Waals surface area contributed by atoms with Gasteiger partial charge in [-0.2, -0.15) is 18.3 Å². The standard InChI is InChI=1S/C20H21F6N3O4S/c1-18(34(31,32)14-5-3-4-13(10-14)33-20(24,25)26)8-6-12(7-9-18)27-17(30)15-11-16(19(21,22)23)28-29(15)2/h3-5,10-12H,6-9H2,1-2H3,(H,27,30). The number of alkyl halides is 6. The van der Waals surface area contributed by atoms with Crippen LogP contribution in [-0.4, -0.2) is 41.3 Å². The summed E-state index contributed by atoms with van der Waals surface area (Å²) in [4.78, 5) is 12.1. The molecule has 1 aromatic heterocycles. The second-order valence-electron chi connectivity index (χ2n) is 8.26. The number of ether oxygens (including phenoxy) is 1. The molecular weight excluding hydrogens is 492 g/mol. The molecule has 0 bridgehead atoms. The summed E-state index contributed by atoms with van der Waals surface area (Å²) in [6.45, 7) is 1.47. The lowest BCUT2D eigenvalue weighted by Crippen LogP contribution is -2.46. The van der Waals surface area contributed by atoms with Crippen LogP contribution >= 0.6 is 0 Å². The van der Waals surface area contributed by atoms with Crippen LogP contribution in [0.25, 0.3) is 0 Å². The molecule has 0 saturated heterocycles. The van der Waals surface area contributed by atoms with Crippen LogP contribution in [0.1, 0.15) is 48.8 Å². The molecular formula is C20H21F6N3O4S. The number of carbonyl (C=O) groups excluding carboxylic acids is 1. The van der Waals surface area contributed by atoms with Gasteiger partial charge in [0.2, 0.25) is 0 Å². The number of rotatable bonds is 5. The summed E-state index contributed by atoms with van der Waals surface area (Å²) < 4.78 is 106. The molecule has 14 heteroatoms. The second kappa shape index (κ2) is 8.78. The maximum atomic E-state index is 13.2. The number of aromatic nitrogens is 2. The van der Waals surface area contributed by atoms with Crippen molar-refractivity contribution >= 4 is 15.7 Å². The quantitative estimate of drug-likeness (QED) is 0.604. The normalized spacial score (nSPS) is 21.8. The molecule has 1 aliphatic rings. The van der Waals surface area contributed by atoms with E-state index in [-0.39, 0.29) is 36.3 Å². The molecule has 1 fully saturated rings. The first-order chi connectivity index (χ1) is 15.5. The lowest BCUT2D eigenvalue weighted by molar-refractivity contribution is -0.274. The molecule has 1 amide bonds. The first kappa shape index (κ1) is 25.8. The molecule has 7 nitrogen and oxygen atoms in total. The predicted octanol–water partition coefficient (Wildman–Crippen LogP) is 4.24. The van der Waals surface area contributed by atoms with Gasteiger partial charge in [0.1, 0.15) is 11.4 Å². The van der Waals surface area contributed by atoms with E-state index in [4.69, 9.17) is 0 Å². The second-order valence-corrected chi connectivity index (χ2v) is 10.7. The molecule has 2 aromatic rings. The number of halogens is 6. The van der Waals surface area contributed by atoms with Gasteiger partial charge in [-0.05, 0) is 50.8 Å². The van der Waals surface area contributed by atoms with Crippen molar-refractivity contribution in [3.8, 4) is 5.75 Å². The van der Waals surface area contributed by atoms with Crippen molar-refractivity contribution in [2.24, 2.45) is 7.05 Å². The first-order valence-electron chi connectivity index (χ1n) is 10.0. The fraction of sp³-hybridized carbons (Fsp3) is 0.500. The number of hydrogen-bond acceptors (Lipinski definition) is 5. The van der Waals surface area contributed by atoms with Crippen LogP contribution in [0.5, 0.6) is 5.75 Å². The summed E-state index contributed by atoms with van der Waals surface area (Å²) in [6.07, 6.45) is -9.14. The molecule has 1 N–H and O–H groups in total. The molecule has 188 valence electrons. The predicted molar refractivity (Wildman–Crippen MR) is 107 cm³/mol. The number of carbonyl (C=O) groups is 1. The van der Waals surface area contributed by atoms with Gasteiger partial charge >= 0.3 is 12.5 Å². The third kappa shape index (κ3) is 5.47. The Kier molecular flexibility index (Phi) is 6.68. The average molecular weight is 513 g/mol. The largest absolute Gasteiger partial charge is 0.573 e. The SMILES string of the molecule is Cn1nc(C(F)(F)F)cc1C(=O)NC1CCC(C)(S(=O)(=O)c2cccc(OC(F)(F)F)c2)CC1. The minimum absolute atomic E-state index is 0.0732. The zero-order valence-corrected chi connectivity index (χ0v) is 18.8. The van der Waals surface area contributed by atoms with E-state index in [0.29, 0.717) is 6.07 Å². The summed E-state index contributed by atoms with van der Waals surface area (Å²) in [5.41, 5.74) is -1.51. The van der Waals surface area contributed by atoms with Crippen molar-refractivity contribution in [2.75, 3.05) is 0 Å². The van der Waals surface area contributed by atoms with Crippen LogP contribution in [0.15, 0.2) is 35.2 Å². The Hall–Kier alpha value is -2.77. The number of aryl methyl sites for hydroxylation is 1. The number of sulfone groups is 1. The van der Waals surface area contributed by atoms with Crippen LogP contribution < -0.4 is 10.1 Å². The zero-order valence-electron chi connectivity index (χ0n) is 18.0. The maximum absolute atomic E-state index is 13.2. The van der Waals surface area contributed by atoms with Crippen LogP contribution in [0, 0.1) is 0 Å². The third-order valence-corrected chi connectivity index (χ3v) is 8.36. The smallest absolute Gasteiger partial charge is 0.406 e. The Morgan fingerprint density at radius 3 is 2.29 bits per heavy atom. The number of hydrogen-bond donors (Lipinski definition) is 1. The molecule has 1 aliphatic carbocycles. The maximum Gasteiger partial charge on any atom is 0.573 e. The highest BCUT2D eigenvalue weighted by atomic mass is 32.2. The lowest BCUT2D eigenvalue weighted by Gasteiger charge is -2.37. The Morgan fingerprint density at radius 1 is 1.15 bits per heavy atom. The number of nitrogens with zero attached hydrogens (tertiary/aromatic N) is 2. The average Bonchev–Trinajstić information content (AvgIpc) is 3.11. The molecule has 0 atom stereocenters. The van der Waals surface area contributed by atoms with Crippen molar-refractivity contribution in [1.82, 2.24) is 15.1 Å². The summed E-state index contributed by atoms with van der Waals surface area (Å²) in [5, 5.41) is 5.88. The van der Waals surface area contributed by atoms with Gasteiger partial charge in [-0.25, -0.2) is 8.42 Å². The first-order valence-corrected chi connectivity index (χ1v) is 11.5. The molecule has 3 rings (SSSR count). The number of amides is 1. The molecule has 0 unspecified atom stereocenters. The highest BCUT2D eigenvalue weighted by molar-refractivity contribution is 7.92. The van der Waals surface area contributed by atoms with Crippen LogP contribution in [0.2, 0.25) is 0 Å². The Balaban J connectivity index is 1.69. The fourth-order valence-electron chi connectivity index (χ4n) is 3.84. The highest BCUT2D eigenvalue weighted by Crippen LogP contribution is 2.40. The van der Waals surface area contributed by atoms with Gasteiger partial charge in [-0.15, -0.1) is 13.2 Å². The van der Waals surface area contributed by atoms with Crippen LogP contribution in [0.3, 0.4) is 0 Å². The van der Waals surface area contributed by atoms with Crippen LogP contribution in [-0.2, 0) is 23.1 Å². The van der Waals surface area contributed by atoms with Crippen LogP contribution in [0.4, 0.5) is 26.3 Å². The van der Waals surface area contributed by atoms with Gasteiger partial charge in [0.25, 0.3) is 5.91 Å². The van der Waals surface area contributed by atoms with Crippen molar-refractivity contribution in [3.05, 3.63) is 41.7 Å². The topological polar surface area (TPSA) is 90.3 Å². The van der Waals surface area contributed by atoms with Crippen molar-refractivity contribution in [3.63, 3.8) is 0 Å². The minimum Gasteiger partial charge on any atom is -0.406 e. The van der Waals surface area contributed by atoms with E-state index in [0.717, 1.165) is 22.9 Å². The van der Waals surface area contributed by atoms with Gasteiger partial charge in [0.05, 0.1) is 9.64 Å². The van der Waals surface area contributed by atoms with E-state index in [9.17, 15) is 39.6 Å². The number of nitrogens with one attached hydrogen (secondary N) is 1. The lowest BCUT2D eigenvalue weighted by atomic mass is 9.86. The Morgan fingerprint density at radius 2 is 1.76 bits per heavy atom. The molecule has 1 aromatic carbocycles. The van der Waals surface area contributed by atoms with E-state index >= 15 is 0 Å². The molecule has 1 heterocycles. The van der Waals surface area contributed by atoms with Crippen molar-refractivity contribution in [1.29, 1.82) is 0 Å². The minimum atomic E-state index is -4.97. The zero-order chi connectivity index (χ0) is 25.5. The molecule has 1 saturated carbocycles. The summed E-state index contributed by atoms with van der Waals surface area (Å²) >= 11 is 0. The molecule has 0 aliphatic heterocycles. The monoisotopic (exact) mass is 513 g/mol. The van der Waals surface area contributed by atoms with E-state index < -0.39 is 50.5 Å². The third-order valence-electron chi connectivity index (χ3n) is 5.78. The van der Waals surface area contributed by atoms with E-state index in [1.807, 2.05) is 0 Å². The highest BCUT2D eigenvalue weighted by Gasteiger charge is 2.44. The van der Waals surface area contributed by atoms with Gasteiger partial charge in [0, 0.05) is 19.2 Å². The van der Waals surface area contributed by atoms with E-state index in [1.165, 1.54) is 20.0 Å². The molecule has 34 heavy (non-hydrogen) atoms. The molecule has 0 radical (unpaired) electrons. The Labute approximate surface area is 191 Å². The summed E-state index contributed by atoms with van der Waals surface area (Å²) in [7, 11) is -2.86. The van der Waals surface area contributed by atoms with Gasteiger partial charge in [-0.3, -0.25) is 9.48 Å². The Bertz CT molecular complexity index is 1170. The fourth-order valence-corrected chi connectivity index (χ4v) is 5.71. The van der Waals surface area contributed by atoms with Gasteiger partial charge in [0.15, 0.2) is 15.5 Å². The van der Waals surface area contributed by atoms with Crippen molar-refractivity contribution in [2.45, 2.75) is 60.8 Å². The number of benzene rings is 1. The van der Waals surface area contributed by atoms with Gasteiger partial charge in [-0.1, -0.05) is 6.07 Å². The van der Waals surface area contributed by atoms with Gasteiger partial charge < -0.3 is 10.1 Å². The summed E-state index contributed by atoms with van der Waals surface area (Å²) in [6, 6.07) is 4.25. The molecule has 0 spiro atoms.